The molecule has 0 aliphatic carbocycles. The summed E-state index contributed by atoms with van der Waals surface area (Å²) in [7, 11) is 0. The minimum Gasteiger partial charge on any atom is -0.352 e. The molecule has 0 bridgehead atoms. The molecule has 168 valence electrons. The minimum absolute atomic E-state index is 0.274. The molecule has 0 atom stereocenters. The fraction of sp³-hybridized carbons (Fsp3) is 0.625. The van der Waals surface area contributed by atoms with Crippen molar-refractivity contribution in [2.75, 3.05) is 19.6 Å². The van der Waals surface area contributed by atoms with Crippen LogP contribution in [0, 0.1) is 17.8 Å². The average Bonchev–Trinajstić information content (AvgIpc) is 2.66. The topological polar surface area (TPSA) is 87.3 Å². The first-order valence-electron chi connectivity index (χ1n) is 11.1. The van der Waals surface area contributed by atoms with E-state index >= 15 is 0 Å². The molecule has 1 rings (SSSR count). The van der Waals surface area contributed by atoms with Gasteiger partial charge in [0, 0.05) is 36.3 Å². The summed E-state index contributed by atoms with van der Waals surface area (Å²) >= 11 is 0. The van der Waals surface area contributed by atoms with Gasteiger partial charge in [-0.1, -0.05) is 41.5 Å². The number of hydrogen-bond acceptors (Lipinski definition) is 3. The summed E-state index contributed by atoms with van der Waals surface area (Å²) in [4.78, 5) is 37.8. The molecule has 0 radical (unpaired) electrons. The van der Waals surface area contributed by atoms with Crippen molar-refractivity contribution in [1.29, 1.82) is 0 Å². The summed E-state index contributed by atoms with van der Waals surface area (Å²) in [5.41, 5.74) is 0.970. The summed E-state index contributed by atoms with van der Waals surface area (Å²) in [6.07, 6.45) is 2.59. The lowest BCUT2D eigenvalue weighted by Gasteiger charge is -2.13. The first-order chi connectivity index (χ1) is 14.1. The first kappa shape index (κ1) is 25.7. The summed E-state index contributed by atoms with van der Waals surface area (Å²) in [6, 6.07) is 4.67. The van der Waals surface area contributed by atoms with Gasteiger partial charge < -0.3 is 16.0 Å². The number of carbonyl (C=O) groups excluding carboxylic acids is 3. The van der Waals surface area contributed by atoms with E-state index in [0.29, 0.717) is 54.1 Å². The molecule has 1 aromatic rings. The van der Waals surface area contributed by atoms with Crippen molar-refractivity contribution in [1.82, 2.24) is 16.0 Å². The highest BCUT2D eigenvalue weighted by molar-refractivity contribution is 6.04. The third-order valence-corrected chi connectivity index (χ3v) is 4.74. The third kappa shape index (κ3) is 9.90. The van der Waals surface area contributed by atoms with Gasteiger partial charge in [0.2, 0.25) is 0 Å². The largest absolute Gasteiger partial charge is 0.352 e. The fourth-order valence-corrected chi connectivity index (χ4v) is 2.75. The van der Waals surface area contributed by atoms with Crippen molar-refractivity contribution < 1.29 is 14.4 Å². The van der Waals surface area contributed by atoms with Crippen LogP contribution in [0.4, 0.5) is 0 Å². The molecular weight excluding hydrogens is 378 g/mol. The van der Waals surface area contributed by atoms with Gasteiger partial charge in [0.05, 0.1) is 0 Å². The zero-order chi connectivity index (χ0) is 22.7. The van der Waals surface area contributed by atoms with E-state index in [1.54, 1.807) is 18.2 Å². The van der Waals surface area contributed by atoms with Crippen LogP contribution >= 0.6 is 0 Å². The number of carbonyl (C=O) groups is 3. The van der Waals surface area contributed by atoms with Crippen LogP contribution in [0.2, 0.25) is 0 Å². The highest BCUT2D eigenvalue weighted by Gasteiger charge is 2.16. The zero-order valence-corrected chi connectivity index (χ0v) is 19.4. The van der Waals surface area contributed by atoms with Gasteiger partial charge in [-0.3, -0.25) is 14.4 Å². The maximum Gasteiger partial charge on any atom is 0.251 e. The molecule has 3 amide bonds. The molecule has 30 heavy (non-hydrogen) atoms. The number of benzene rings is 1. The second-order valence-corrected chi connectivity index (χ2v) is 9.11. The number of nitrogens with one attached hydrogen (secondary N) is 3. The van der Waals surface area contributed by atoms with E-state index in [-0.39, 0.29) is 17.7 Å². The summed E-state index contributed by atoms with van der Waals surface area (Å²) in [5.74, 6) is 0.609. The lowest BCUT2D eigenvalue weighted by atomic mass is 10.0. The van der Waals surface area contributed by atoms with Crippen LogP contribution in [0.25, 0.3) is 0 Å². The van der Waals surface area contributed by atoms with Crippen molar-refractivity contribution >= 4 is 17.7 Å². The van der Waals surface area contributed by atoms with Crippen molar-refractivity contribution in [3.8, 4) is 0 Å². The Morgan fingerprint density at radius 1 is 0.567 bits per heavy atom. The van der Waals surface area contributed by atoms with E-state index in [1.807, 2.05) is 0 Å². The zero-order valence-electron chi connectivity index (χ0n) is 19.4. The third-order valence-electron chi connectivity index (χ3n) is 4.74. The second kappa shape index (κ2) is 13.0. The van der Waals surface area contributed by atoms with Crippen LogP contribution in [0.1, 0.15) is 91.9 Å². The first-order valence-corrected chi connectivity index (χ1v) is 11.1. The Balaban J connectivity index is 3.00. The highest BCUT2D eigenvalue weighted by atomic mass is 16.2. The van der Waals surface area contributed by atoms with Gasteiger partial charge in [-0.15, -0.1) is 0 Å². The van der Waals surface area contributed by atoms with Crippen molar-refractivity contribution in [3.05, 3.63) is 34.9 Å². The molecule has 1 aromatic carbocycles. The summed E-state index contributed by atoms with van der Waals surface area (Å²) < 4.78 is 0. The van der Waals surface area contributed by atoms with Gasteiger partial charge in [-0.05, 0) is 55.2 Å². The Bertz CT molecular complexity index is 604. The van der Waals surface area contributed by atoms with Crippen LogP contribution in [0.3, 0.4) is 0 Å². The molecule has 0 aliphatic rings. The molecular formula is C24H39N3O3. The predicted molar refractivity (Wildman–Crippen MR) is 122 cm³/mol. The number of amides is 3. The minimum atomic E-state index is -0.274. The van der Waals surface area contributed by atoms with Crippen LogP contribution in [0.15, 0.2) is 18.2 Å². The summed E-state index contributed by atoms with van der Waals surface area (Å²) in [6.45, 7) is 14.2. The maximum atomic E-state index is 12.6. The molecule has 0 saturated heterocycles. The van der Waals surface area contributed by atoms with Gasteiger partial charge in [-0.25, -0.2) is 0 Å². The van der Waals surface area contributed by atoms with Gasteiger partial charge >= 0.3 is 0 Å². The Morgan fingerprint density at radius 2 is 0.800 bits per heavy atom. The van der Waals surface area contributed by atoms with Crippen LogP contribution in [0.5, 0.6) is 0 Å². The molecule has 0 saturated carbocycles. The van der Waals surface area contributed by atoms with E-state index in [9.17, 15) is 14.4 Å². The number of hydrogen-bond donors (Lipinski definition) is 3. The lowest BCUT2D eigenvalue weighted by Crippen LogP contribution is -2.30. The smallest absolute Gasteiger partial charge is 0.251 e. The highest BCUT2D eigenvalue weighted by Crippen LogP contribution is 2.12. The Labute approximate surface area is 181 Å². The fourth-order valence-electron chi connectivity index (χ4n) is 2.75. The molecule has 0 fully saturated rings. The van der Waals surface area contributed by atoms with E-state index < -0.39 is 0 Å². The standard InChI is InChI=1S/C24H39N3O3/c1-16(2)7-10-25-22(28)19-13-20(23(29)26-11-8-17(3)4)15-21(14-19)24(30)27-12-9-18(5)6/h13-18H,7-12H2,1-6H3,(H,25,28)(H,26,29)(H,27,30). The van der Waals surface area contributed by atoms with Gasteiger partial charge in [0.25, 0.3) is 17.7 Å². The van der Waals surface area contributed by atoms with Gasteiger partial charge in [0.15, 0.2) is 0 Å². The van der Waals surface area contributed by atoms with Crippen molar-refractivity contribution in [2.24, 2.45) is 17.8 Å². The molecule has 3 N–H and O–H groups in total. The van der Waals surface area contributed by atoms with Crippen LogP contribution < -0.4 is 16.0 Å². The average molecular weight is 418 g/mol. The molecule has 0 aliphatic heterocycles. The molecule has 6 nitrogen and oxygen atoms in total. The maximum absolute atomic E-state index is 12.6. The lowest BCUT2D eigenvalue weighted by molar-refractivity contribution is 0.0951. The molecule has 0 unspecified atom stereocenters. The molecule has 6 heteroatoms. The molecule has 0 aromatic heterocycles. The second-order valence-electron chi connectivity index (χ2n) is 9.11. The van der Waals surface area contributed by atoms with E-state index in [2.05, 4.69) is 57.5 Å². The summed E-state index contributed by atoms with van der Waals surface area (Å²) in [5, 5.41) is 8.63. The Morgan fingerprint density at radius 3 is 1.00 bits per heavy atom. The van der Waals surface area contributed by atoms with E-state index in [0.717, 1.165) is 19.3 Å². The molecule has 0 heterocycles. The van der Waals surface area contributed by atoms with Gasteiger partial charge in [-0.2, -0.15) is 0 Å². The van der Waals surface area contributed by atoms with Gasteiger partial charge in [0.1, 0.15) is 0 Å². The SMILES string of the molecule is CC(C)CCNC(=O)c1cc(C(=O)NCCC(C)C)cc(C(=O)NCCC(C)C)c1. The van der Waals surface area contributed by atoms with Crippen LogP contribution in [-0.2, 0) is 0 Å². The van der Waals surface area contributed by atoms with E-state index in [1.165, 1.54) is 0 Å². The van der Waals surface area contributed by atoms with Crippen LogP contribution in [-0.4, -0.2) is 37.4 Å². The van der Waals surface area contributed by atoms with Crippen molar-refractivity contribution in [3.63, 3.8) is 0 Å². The monoisotopic (exact) mass is 417 g/mol. The molecule has 0 spiro atoms. The normalized spacial score (nSPS) is 11.1. The number of rotatable bonds is 12. The predicted octanol–water partition coefficient (Wildman–Crippen LogP) is 4.01. The Kier molecular flexibility index (Phi) is 11.2. The van der Waals surface area contributed by atoms with E-state index in [4.69, 9.17) is 0 Å². The van der Waals surface area contributed by atoms with Crippen molar-refractivity contribution in [2.45, 2.75) is 60.8 Å². The quantitative estimate of drug-likeness (QED) is 0.480. The Hall–Kier alpha value is -2.37.